The maximum atomic E-state index is 14.3. The molecule has 0 saturated carbocycles. The van der Waals surface area contributed by atoms with Crippen LogP contribution in [0.4, 0.5) is 4.39 Å². The molecule has 3 nitrogen and oxygen atoms in total. The average Bonchev–Trinajstić information content (AvgIpc) is 2.44. The van der Waals surface area contributed by atoms with Crippen LogP contribution in [0.3, 0.4) is 0 Å². The van der Waals surface area contributed by atoms with Crippen LogP contribution in [0.5, 0.6) is 0 Å². The molecule has 2 rings (SSSR count). The molecule has 0 bridgehead atoms. The van der Waals surface area contributed by atoms with E-state index < -0.39 is 5.41 Å². The standard InChI is InChI=1S/C15H22BrFN2O.ClH/c1-15(2,10-20)14(19-7-5-18-6-8-19)12-9-11(16)3-4-13(12)17;/h3-4,9,14,18,20H,5-8,10H2,1-2H3;1H/t14-;/m0./s1. The number of hydrogen-bond donors (Lipinski definition) is 2. The molecule has 1 aliphatic heterocycles. The summed E-state index contributed by atoms with van der Waals surface area (Å²) in [4.78, 5) is 2.26. The van der Waals surface area contributed by atoms with Gasteiger partial charge in [-0.05, 0) is 18.2 Å². The fraction of sp³-hybridized carbons (Fsp3) is 0.600. The number of halogens is 3. The van der Waals surface area contributed by atoms with Gasteiger partial charge in [0, 0.05) is 54.3 Å². The monoisotopic (exact) mass is 380 g/mol. The van der Waals surface area contributed by atoms with Crippen molar-refractivity contribution in [3.63, 3.8) is 0 Å². The average molecular weight is 382 g/mol. The molecule has 1 heterocycles. The Kier molecular flexibility index (Phi) is 7.07. The Labute approximate surface area is 140 Å². The number of benzene rings is 1. The summed E-state index contributed by atoms with van der Waals surface area (Å²) in [7, 11) is 0. The molecule has 6 heteroatoms. The highest BCUT2D eigenvalue weighted by atomic mass is 79.9. The van der Waals surface area contributed by atoms with Crippen molar-refractivity contribution in [2.24, 2.45) is 5.41 Å². The van der Waals surface area contributed by atoms with E-state index in [1.54, 1.807) is 6.07 Å². The normalized spacial score (nSPS) is 18.1. The molecule has 0 aromatic heterocycles. The van der Waals surface area contributed by atoms with E-state index in [2.05, 4.69) is 26.1 Å². The first-order valence-corrected chi connectivity index (χ1v) is 7.75. The number of rotatable bonds is 4. The minimum Gasteiger partial charge on any atom is -0.396 e. The maximum absolute atomic E-state index is 14.3. The van der Waals surface area contributed by atoms with Crippen LogP contribution >= 0.6 is 28.3 Å². The molecule has 1 atom stereocenters. The van der Waals surface area contributed by atoms with Crippen molar-refractivity contribution < 1.29 is 9.50 Å². The van der Waals surface area contributed by atoms with Crippen molar-refractivity contribution in [2.75, 3.05) is 32.8 Å². The number of aliphatic hydroxyl groups is 1. The number of piperazine rings is 1. The molecular formula is C15H23BrClFN2O. The summed E-state index contributed by atoms with van der Waals surface area (Å²) in [5.41, 5.74) is 0.249. The van der Waals surface area contributed by atoms with Crippen LogP contribution in [0.25, 0.3) is 0 Å². The lowest BCUT2D eigenvalue weighted by molar-refractivity contribution is 0.0286. The van der Waals surface area contributed by atoms with Crippen molar-refractivity contribution in [2.45, 2.75) is 19.9 Å². The molecule has 0 spiro atoms. The zero-order valence-corrected chi connectivity index (χ0v) is 14.8. The lowest BCUT2D eigenvalue weighted by Gasteiger charge is -2.43. The van der Waals surface area contributed by atoms with E-state index in [4.69, 9.17) is 0 Å². The Morgan fingerprint density at radius 2 is 2.00 bits per heavy atom. The summed E-state index contributed by atoms with van der Waals surface area (Å²) in [6, 6.07) is 4.90. The Bertz CT molecular complexity index is 467. The van der Waals surface area contributed by atoms with E-state index in [1.165, 1.54) is 6.07 Å². The molecule has 0 aliphatic carbocycles. The summed E-state index contributed by atoms with van der Waals surface area (Å²) >= 11 is 3.42. The molecule has 1 aliphatic rings. The highest BCUT2D eigenvalue weighted by Crippen LogP contribution is 2.40. The summed E-state index contributed by atoms with van der Waals surface area (Å²) < 4.78 is 15.2. The highest BCUT2D eigenvalue weighted by molar-refractivity contribution is 9.10. The van der Waals surface area contributed by atoms with Crippen molar-refractivity contribution in [1.82, 2.24) is 10.2 Å². The predicted molar refractivity (Wildman–Crippen MR) is 89.4 cm³/mol. The number of nitrogens with zero attached hydrogens (tertiary/aromatic N) is 1. The van der Waals surface area contributed by atoms with E-state index in [0.717, 1.165) is 30.7 Å². The van der Waals surface area contributed by atoms with Gasteiger partial charge in [-0.2, -0.15) is 0 Å². The lowest BCUT2D eigenvalue weighted by Crippen LogP contribution is -2.49. The second-order valence-electron chi connectivity index (χ2n) is 6.00. The van der Waals surface area contributed by atoms with Gasteiger partial charge < -0.3 is 10.4 Å². The van der Waals surface area contributed by atoms with Crippen molar-refractivity contribution in [3.8, 4) is 0 Å². The quantitative estimate of drug-likeness (QED) is 0.842. The van der Waals surface area contributed by atoms with Crippen molar-refractivity contribution in [1.29, 1.82) is 0 Å². The van der Waals surface area contributed by atoms with Gasteiger partial charge >= 0.3 is 0 Å². The van der Waals surface area contributed by atoms with E-state index in [9.17, 15) is 9.50 Å². The van der Waals surface area contributed by atoms with Crippen LogP contribution in [-0.4, -0.2) is 42.8 Å². The molecule has 1 saturated heterocycles. The topological polar surface area (TPSA) is 35.5 Å². The minimum atomic E-state index is -0.404. The largest absolute Gasteiger partial charge is 0.396 e. The summed E-state index contributed by atoms with van der Waals surface area (Å²) in [5.74, 6) is -0.210. The van der Waals surface area contributed by atoms with Gasteiger partial charge in [-0.15, -0.1) is 12.4 Å². The molecule has 0 amide bonds. The fourth-order valence-electron chi connectivity index (χ4n) is 2.86. The van der Waals surface area contributed by atoms with Crippen molar-refractivity contribution >= 4 is 28.3 Å². The predicted octanol–water partition coefficient (Wildman–Crippen LogP) is 2.97. The first-order chi connectivity index (χ1) is 9.45. The van der Waals surface area contributed by atoms with Crippen LogP contribution in [0.1, 0.15) is 25.5 Å². The Balaban J connectivity index is 0.00000220. The Hall–Kier alpha value is -0.200. The van der Waals surface area contributed by atoms with E-state index in [-0.39, 0.29) is 30.9 Å². The molecule has 1 aromatic rings. The first kappa shape index (κ1) is 18.8. The maximum Gasteiger partial charge on any atom is 0.128 e. The van der Waals surface area contributed by atoms with Crippen LogP contribution in [0.2, 0.25) is 0 Å². The third-order valence-electron chi connectivity index (χ3n) is 3.92. The SMILES string of the molecule is CC(C)(CO)[C@H](c1cc(Br)ccc1F)N1CCNCC1.Cl. The van der Waals surface area contributed by atoms with E-state index >= 15 is 0 Å². The zero-order valence-electron chi connectivity index (χ0n) is 12.4. The third kappa shape index (κ3) is 4.39. The second-order valence-corrected chi connectivity index (χ2v) is 6.92. The number of aliphatic hydroxyl groups excluding tert-OH is 1. The van der Waals surface area contributed by atoms with Gasteiger partial charge in [0.25, 0.3) is 0 Å². The Morgan fingerprint density at radius 1 is 1.38 bits per heavy atom. The lowest BCUT2D eigenvalue weighted by atomic mass is 9.79. The first-order valence-electron chi connectivity index (χ1n) is 6.96. The molecule has 120 valence electrons. The van der Waals surface area contributed by atoms with Gasteiger partial charge in [-0.3, -0.25) is 4.90 Å². The van der Waals surface area contributed by atoms with Crippen LogP contribution in [-0.2, 0) is 0 Å². The third-order valence-corrected chi connectivity index (χ3v) is 4.41. The fourth-order valence-corrected chi connectivity index (χ4v) is 3.24. The molecule has 1 fully saturated rings. The molecule has 21 heavy (non-hydrogen) atoms. The summed E-state index contributed by atoms with van der Waals surface area (Å²) in [6.07, 6.45) is 0. The van der Waals surface area contributed by atoms with Gasteiger partial charge in [0.15, 0.2) is 0 Å². The Morgan fingerprint density at radius 3 is 2.57 bits per heavy atom. The number of hydrogen-bond acceptors (Lipinski definition) is 3. The summed E-state index contributed by atoms with van der Waals surface area (Å²) in [6.45, 7) is 7.51. The van der Waals surface area contributed by atoms with Gasteiger partial charge in [-0.1, -0.05) is 29.8 Å². The van der Waals surface area contributed by atoms with Gasteiger partial charge in [0.2, 0.25) is 0 Å². The van der Waals surface area contributed by atoms with Gasteiger partial charge in [-0.25, -0.2) is 4.39 Å². The van der Waals surface area contributed by atoms with Crippen LogP contribution < -0.4 is 5.32 Å². The van der Waals surface area contributed by atoms with Gasteiger partial charge in [0.1, 0.15) is 5.82 Å². The minimum absolute atomic E-state index is 0. The van der Waals surface area contributed by atoms with E-state index in [0.29, 0.717) is 5.56 Å². The molecule has 2 N–H and O–H groups in total. The van der Waals surface area contributed by atoms with Crippen LogP contribution in [0.15, 0.2) is 22.7 Å². The molecular weight excluding hydrogens is 359 g/mol. The van der Waals surface area contributed by atoms with E-state index in [1.807, 2.05) is 19.9 Å². The number of nitrogens with one attached hydrogen (secondary N) is 1. The van der Waals surface area contributed by atoms with Crippen LogP contribution in [0, 0.1) is 11.2 Å². The summed E-state index contributed by atoms with van der Waals surface area (Å²) in [5, 5.41) is 13.0. The smallest absolute Gasteiger partial charge is 0.128 e. The zero-order chi connectivity index (χ0) is 14.8. The van der Waals surface area contributed by atoms with Crippen molar-refractivity contribution in [3.05, 3.63) is 34.1 Å². The molecule has 0 unspecified atom stereocenters. The highest BCUT2D eigenvalue weighted by Gasteiger charge is 2.37. The second kappa shape index (κ2) is 7.88. The molecule has 1 aromatic carbocycles. The molecule has 0 radical (unpaired) electrons. The van der Waals surface area contributed by atoms with Gasteiger partial charge in [0.05, 0.1) is 0 Å².